The number of nitrogens with one attached hydrogen (secondary N) is 1. The highest BCUT2D eigenvalue weighted by Gasteiger charge is 2.26. The molecular formula is C12H27N3O2S. The van der Waals surface area contributed by atoms with Crippen LogP contribution in [0.5, 0.6) is 0 Å². The smallest absolute Gasteiger partial charge is 0.279 e. The first kappa shape index (κ1) is 15.9. The third-order valence-electron chi connectivity index (χ3n) is 3.78. The molecule has 3 N–H and O–H groups in total. The molecule has 1 atom stereocenters. The zero-order valence-electron chi connectivity index (χ0n) is 11.6. The van der Waals surface area contributed by atoms with Crippen molar-refractivity contribution < 1.29 is 8.42 Å². The Morgan fingerprint density at radius 1 is 1.33 bits per heavy atom. The summed E-state index contributed by atoms with van der Waals surface area (Å²) in [6.07, 6.45) is 6.69. The molecule has 0 bridgehead atoms. The molecule has 1 rings (SSSR count). The predicted molar refractivity (Wildman–Crippen MR) is 74.4 cm³/mol. The van der Waals surface area contributed by atoms with Gasteiger partial charge in [-0.25, -0.2) is 0 Å². The molecule has 0 aliphatic heterocycles. The van der Waals surface area contributed by atoms with Crippen LogP contribution in [0.25, 0.3) is 0 Å². The number of nitrogens with zero attached hydrogens (tertiary/aromatic N) is 1. The number of nitrogens with two attached hydrogens (primary N) is 1. The molecule has 1 fully saturated rings. The topological polar surface area (TPSA) is 75.4 Å². The van der Waals surface area contributed by atoms with Crippen LogP contribution in [-0.4, -0.2) is 38.9 Å². The van der Waals surface area contributed by atoms with Gasteiger partial charge in [-0.1, -0.05) is 19.3 Å². The van der Waals surface area contributed by atoms with Crippen molar-refractivity contribution in [3.8, 4) is 0 Å². The maximum atomic E-state index is 12.1. The fourth-order valence-electron chi connectivity index (χ4n) is 2.49. The minimum Gasteiger partial charge on any atom is -0.330 e. The van der Waals surface area contributed by atoms with E-state index in [2.05, 4.69) is 4.72 Å². The molecule has 0 spiro atoms. The van der Waals surface area contributed by atoms with Crippen molar-refractivity contribution in [2.45, 2.75) is 51.5 Å². The molecule has 0 heterocycles. The highest BCUT2D eigenvalue weighted by molar-refractivity contribution is 7.87. The predicted octanol–water partition coefficient (Wildman–Crippen LogP) is 1.07. The van der Waals surface area contributed by atoms with Gasteiger partial charge in [0, 0.05) is 19.6 Å². The molecule has 6 heteroatoms. The van der Waals surface area contributed by atoms with Crippen LogP contribution in [0, 0.1) is 5.92 Å². The molecule has 0 amide bonds. The molecule has 0 aromatic heterocycles. The SMILES string of the molecule is CC(NS(=O)(=O)N(C)CCCN)C1CCCCC1. The molecule has 1 aliphatic carbocycles. The minimum atomic E-state index is -3.35. The van der Waals surface area contributed by atoms with Gasteiger partial charge in [0.25, 0.3) is 10.2 Å². The van der Waals surface area contributed by atoms with Crippen LogP contribution in [0.3, 0.4) is 0 Å². The Balaban J connectivity index is 2.47. The van der Waals surface area contributed by atoms with Crippen LogP contribution in [0.1, 0.15) is 45.4 Å². The summed E-state index contributed by atoms with van der Waals surface area (Å²) in [5, 5.41) is 0. The van der Waals surface area contributed by atoms with E-state index in [4.69, 9.17) is 5.73 Å². The number of rotatable bonds is 7. The van der Waals surface area contributed by atoms with E-state index in [0.717, 1.165) is 12.8 Å². The van der Waals surface area contributed by atoms with Crippen LogP contribution in [0.15, 0.2) is 0 Å². The Labute approximate surface area is 111 Å². The Morgan fingerprint density at radius 2 is 1.94 bits per heavy atom. The molecule has 18 heavy (non-hydrogen) atoms. The summed E-state index contributed by atoms with van der Waals surface area (Å²) in [6.45, 7) is 2.96. The summed E-state index contributed by atoms with van der Waals surface area (Å²) < 4.78 is 28.3. The zero-order chi connectivity index (χ0) is 13.6. The quantitative estimate of drug-likeness (QED) is 0.731. The summed E-state index contributed by atoms with van der Waals surface area (Å²) in [5.74, 6) is 0.483. The molecule has 1 unspecified atom stereocenters. The van der Waals surface area contributed by atoms with Gasteiger partial charge in [-0.3, -0.25) is 0 Å². The van der Waals surface area contributed by atoms with E-state index in [1.165, 1.54) is 23.6 Å². The van der Waals surface area contributed by atoms with Gasteiger partial charge in [0.05, 0.1) is 0 Å². The Bertz CT molecular complexity index is 326. The lowest BCUT2D eigenvalue weighted by Crippen LogP contribution is -2.46. The average molecular weight is 277 g/mol. The lowest BCUT2D eigenvalue weighted by atomic mass is 9.85. The molecule has 0 saturated heterocycles. The first-order valence-electron chi connectivity index (χ1n) is 6.91. The van der Waals surface area contributed by atoms with E-state index in [0.29, 0.717) is 25.4 Å². The van der Waals surface area contributed by atoms with Gasteiger partial charge < -0.3 is 5.73 Å². The molecular weight excluding hydrogens is 250 g/mol. The Morgan fingerprint density at radius 3 is 2.50 bits per heavy atom. The van der Waals surface area contributed by atoms with Gasteiger partial charge in [0.2, 0.25) is 0 Å². The van der Waals surface area contributed by atoms with Gasteiger partial charge in [0.1, 0.15) is 0 Å². The van der Waals surface area contributed by atoms with Crippen molar-refractivity contribution in [1.82, 2.24) is 9.03 Å². The summed E-state index contributed by atoms with van der Waals surface area (Å²) >= 11 is 0. The van der Waals surface area contributed by atoms with Gasteiger partial charge in [-0.15, -0.1) is 0 Å². The van der Waals surface area contributed by atoms with Crippen molar-refractivity contribution in [1.29, 1.82) is 0 Å². The second-order valence-corrected chi connectivity index (χ2v) is 7.08. The summed E-state index contributed by atoms with van der Waals surface area (Å²) in [7, 11) is -1.75. The first-order valence-corrected chi connectivity index (χ1v) is 8.35. The van der Waals surface area contributed by atoms with E-state index in [1.54, 1.807) is 7.05 Å². The van der Waals surface area contributed by atoms with Gasteiger partial charge in [0.15, 0.2) is 0 Å². The third-order valence-corrected chi connectivity index (χ3v) is 5.45. The maximum Gasteiger partial charge on any atom is 0.279 e. The molecule has 0 aromatic rings. The molecule has 5 nitrogen and oxygen atoms in total. The zero-order valence-corrected chi connectivity index (χ0v) is 12.4. The van der Waals surface area contributed by atoms with Crippen LogP contribution < -0.4 is 10.5 Å². The number of hydrogen-bond acceptors (Lipinski definition) is 3. The van der Waals surface area contributed by atoms with Crippen LogP contribution >= 0.6 is 0 Å². The van der Waals surface area contributed by atoms with Crippen molar-refractivity contribution in [3.63, 3.8) is 0 Å². The second kappa shape index (κ2) is 7.43. The monoisotopic (exact) mass is 277 g/mol. The van der Waals surface area contributed by atoms with Gasteiger partial charge in [-0.05, 0) is 38.6 Å². The molecule has 1 aliphatic rings. The lowest BCUT2D eigenvalue weighted by Gasteiger charge is -2.29. The molecule has 0 aromatic carbocycles. The summed E-state index contributed by atoms with van der Waals surface area (Å²) in [6, 6.07) is 0.0237. The second-order valence-electron chi connectivity index (χ2n) is 5.27. The lowest BCUT2D eigenvalue weighted by molar-refractivity contribution is 0.298. The van der Waals surface area contributed by atoms with Crippen molar-refractivity contribution >= 4 is 10.2 Å². The number of hydrogen-bond donors (Lipinski definition) is 2. The van der Waals surface area contributed by atoms with E-state index in [1.807, 2.05) is 6.92 Å². The van der Waals surface area contributed by atoms with Crippen LogP contribution in [0.2, 0.25) is 0 Å². The highest BCUT2D eigenvalue weighted by atomic mass is 32.2. The fraction of sp³-hybridized carbons (Fsp3) is 1.00. The summed E-state index contributed by atoms with van der Waals surface area (Å²) in [5.41, 5.74) is 5.40. The van der Waals surface area contributed by atoms with E-state index in [9.17, 15) is 8.42 Å². The summed E-state index contributed by atoms with van der Waals surface area (Å²) in [4.78, 5) is 0. The van der Waals surface area contributed by atoms with Gasteiger partial charge >= 0.3 is 0 Å². The largest absolute Gasteiger partial charge is 0.330 e. The first-order chi connectivity index (χ1) is 8.47. The molecule has 108 valence electrons. The van der Waals surface area contributed by atoms with E-state index in [-0.39, 0.29) is 6.04 Å². The van der Waals surface area contributed by atoms with Crippen LogP contribution in [0.4, 0.5) is 0 Å². The minimum absolute atomic E-state index is 0.0237. The maximum absolute atomic E-state index is 12.1. The Kier molecular flexibility index (Phi) is 6.55. The van der Waals surface area contributed by atoms with Crippen LogP contribution in [-0.2, 0) is 10.2 Å². The standard InChI is InChI=1S/C12H27N3O2S/c1-11(12-7-4-3-5-8-12)14-18(16,17)15(2)10-6-9-13/h11-12,14H,3-10,13H2,1-2H3. The van der Waals surface area contributed by atoms with E-state index >= 15 is 0 Å². The normalized spacial score (nSPS) is 20.2. The van der Waals surface area contributed by atoms with Crippen molar-refractivity contribution in [3.05, 3.63) is 0 Å². The fourth-order valence-corrected chi connectivity index (χ4v) is 3.70. The Hall–Kier alpha value is -0.170. The van der Waals surface area contributed by atoms with Crippen molar-refractivity contribution in [2.75, 3.05) is 20.1 Å². The van der Waals surface area contributed by atoms with Crippen molar-refractivity contribution in [2.24, 2.45) is 11.7 Å². The average Bonchev–Trinajstić information content (AvgIpc) is 2.36. The van der Waals surface area contributed by atoms with Gasteiger partial charge in [-0.2, -0.15) is 17.4 Å². The molecule has 1 saturated carbocycles. The van der Waals surface area contributed by atoms with E-state index < -0.39 is 10.2 Å². The highest BCUT2D eigenvalue weighted by Crippen LogP contribution is 2.26. The molecule has 0 radical (unpaired) electrons. The third kappa shape index (κ3) is 4.84.